The molecule has 0 bridgehead atoms. The monoisotopic (exact) mass is 276 g/mol. The van der Waals surface area contributed by atoms with Crippen LogP contribution in [-0.4, -0.2) is 29.1 Å². The summed E-state index contributed by atoms with van der Waals surface area (Å²) in [5.41, 5.74) is 7.53. The van der Waals surface area contributed by atoms with Gasteiger partial charge in [0, 0.05) is 19.5 Å². The molecule has 0 unspecified atom stereocenters. The number of imidazole rings is 1. The number of carbonyl (C=O) groups excluding carboxylic acids is 1. The highest BCUT2D eigenvalue weighted by Crippen LogP contribution is 2.26. The van der Waals surface area contributed by atoms with Crippen molar-refractivity contribution in [2.75, 3.05) is 19.4 Å². The van der Waals surface area contributed by atoms with E-state index in [4.69, 9.17) is 10.5 Å². The molecule has 2 rings (SSSR count). The van der Waals surface area contributed by atoms with Crippen LogP contribution >= 0.6 is 0 Å². The predicted octanol–water partition coefficient (Wildman–Crippen LogP) is 1.54. The lowest BCUT2D eigenvalue weighted by molar-refractivity contribution is -0.121. The van der Waals surface area contributed by atoms with Crippen LogP contribution in [0.5, 0.6) is 5.75 Å². The molecule has 0 spiro atoms. The second kappa shape index (κ2) is 6.27. The molecule has 1 aromatic carbocycles. The van der Waals surface area contributed by atoms with E-state index in [1.54, 1.807) is 7.11 Å². The predicted molar refractivity (Wildman–Crippen MR) is 78.6 cm³/mol. The minimum atomic E-state index is 0.0241. The van der Waals surface area contributed by atoms with Gasteiger partial charge in [-0.15, -0.1) is 0 Å². The first-order valence-corrected chi connectivity index (χ1v) is 6.72. The van der Waals surface area contributed by atoms with E-state index < -0.39 is 0 Å². The summed E-state index contributed by atoms with van der Waals surface area (Å²) < 4.78 is 7.10. The topological polar surface area (TPSA) is 82.2 Å². The standard InChI is InChI=1S/C14H20N4O2/c1-3-8-16-12(19)7-9-18-10-5-4-6-11(20-2)13(10)17-14(18)15/h4-6H,3,7-9H2,1-2H3,(H2,15,17)(H,16,19). The first-order chi connectivity index (χ1) is 9.67. The second-order valence-electron chi connectivity index (χ2n) is 4.55. The van der Waals surface area contributed by atoms with Crippen LogP contribution in [0.2, 0.25) is 0 Å². The zero-order valence-corrected chi connectivity index (χ0v) is 11.8. The third kappa shape index (κ3) is 2.84. The summed E-state index contributed by atoms with van der Waals surface area (Å²) in [5, 5.41) is 2.85. The molecule has 3 N–H and O–H groups in total. The molecule has 1 heterocycles. The smallest absolute Gasteiger partial charge is 0.221 e. The molecule has 6 heteroatoms. The van der Waals surface area contributed by atoms with E-state index in [9.17, 15) is 4.79 Å². The van der Waals surface area contributed by atoms with Crippen molar-refractivity contribution in [3.05, 3.63) is 18.2 Å². The van der Waals surface area contributed by atoms with E-state index in [1.165, 1.54) is 0 Å². The summed E-state index contributed by atoms with van der Waals surface area (Å²) in [4.78, 5) is 16.0. The zero-order valence-electron chi connectivity index (χ0n) is 11.8. The maximum Gasteiger partial charge on any atom is 0.221 e. The van der Waals surface area contributed by atoms with Gasteiger partial charge in [0.05, 0.1) is 12.6 Å². The number of nitrogens with two attached hydrogens (primary N) is 1. The summed E-state index contributed by atoms with van der Waals surface area (Å²) in [6.07, 6.45) is 1.31. The fraction of sp³-hybridized carbons (Fsp3) is 0.429. The van der Waals surface area contributed by atoms with Gasteiger partial charge in [0.1, 0.15) is 11.3 Å². The Hall–Kier alpha value is -2.24. The fourth-order valence-corrected chi connectivity index (χ4v) is 2.11. The fourth-order valence-electron chi connectivity index (χ4n) is 2.11. The normalized spacial score (nSPS) is 10.7. The number of methoxy groups -OCH3 is 1. The Balaban J connectivity index is 2.18. The summed E-state index contributed by atoms with van der Waals surface area (Å²) in [7, 11) is 1.60. The summed E-state index contributed by atoms with van der Waals surface area (Å²) in [5.74, 6) is 1.10. The lowest BCUT2D eigenvalue weighted by atomic mass is 10.3. The summed E-state index contributed by atoms with van der Waals surface area (Å²) in [6, 6.07) is 5.65. The molecule has 0 aliphatic carbocycles. The lowest BCUT2D eigenvalue weighted by Crippen LogP contribution is -2.25. The Kier molecular flexibility index (Phi) is 4.45. The average molecular weight is 276 g/mol. The Morgan fingerprint density at radius 1 is 1.50 bits per heavy atom. The number of hydrogen-bond acceptors (Lipinski definition) is 4. The van der Waals surface area contributed by atoms with Crippen molar-refractivity contribution >= 4 is 22.9 Å². The number of rotatable bonds is 6. The highest BCUT2D eigenvalue weighted by Gasteiger charge is 2.12. The van der Waals surface area contributed by atoms with Crippen LogP contribution in [0.4, 0.5) is 5.95 Å². The van der Waals surface area contributed by atoms with Crippen molar-refractivity contribution < 1.29 is 9.53 Å². The highest BCUT2D eigenvalue weighted by molar-refractivity contribution is 5.84. The van der Waals surface area contributed by atoms with Crippen LogP contribution in [0, 0.1) is 0 Å². The number of nitrogen functional groups attached to an aromatic ring is 1. The van der Waals surface area contributed by atoms with Crippen molar-refractivity contribution in [3.8, 4) is 5.75 Å². The van der Waals surface area contributed by atoms with Gasteiger partial charge in [-0.2, -0.15) is 0 Å². The molecule has 1 aromatic heterocycles. The number of para-hydroxylation sites is 1. The summed E-state index contributed by atoms with van der Waals surface area (Å²) >= 11 is 0. The molecule has 0 radical (unpaired) electrons. The zero-order chi connectivity index (χ0) is 14.5. The van der Waals surface area contributed by atoms with Crippen LogP contribution < -0.4 is 15.8 Å². The van der Waals surface area contributed by atoms with Gasteiger partial charge in [0.25, 0.3) is 0 Å². The Bertz CT molecular complexity index is 606. The maximum absolute atomic E-state index is 11.7. The Morgan fingerprint density at radius 2 is 2.30 bits per heavy atom. The Morgan fingerprint density at radius 3 is 3.00 bits per heavy atom. The molecule has 108 valence electrons. The van der Waals surface area contributed by atoms with Crippen molar-refractivity contribution in [2.45, 2.75) is 26.3 Å². The minimum absolute atomic E-state index is 0.0241. The molecule has 0 fully saturated rings. The lowest BCUT2D eigenvalue weighted by Gasteiger charge is -2.07. The first kappa shape index (κ1) is 14.2. The number of nitrogens with one attached hydrogen (secondary N) is 1. The Labute approximate surface area is 117 Å². The first-order valence-electron chi connectivity index (χ1n) is 6.72. The molecule has 1 amide bonds. The van der Waals surface area contributed by atoms with E-state index >= 15 is 0 Å². The molecule has 6 nitrogen and oxygen atoms in total. The molecular formula is C14H20N4O2. The van der Waals surface area contributed by atoms with E-state index in [1.807, 2.05) is 29.7 Å². The van der Waals surface area contributed by atoms with Crippen LogP contribution in [0.25, 0.3) is 11.0 Å². The molecule has 20 heavy (non-hydrogen) atoms. The number of amides is 1. The van der Waals surface area contributed by atoms with Crippen LogP contribution in [0.3, 0.4) is 0 Å². The number of nitrogens with zero attached hydrogens (tertiary/aromatic N) is 2. The van der Waals surface area contributed by atoms with Gasteiger partial charge in [-0.3, -0.25) is 4.79 Å². The number of aryl methyl sites for hydroxylation is 1. The van der Waals surface area contributed by atoms with E-state index in [-0.39, 0.29) is 5.91 Å². The van der Waals surface area contributed by atoms with E-state index in [2.05, 4.69) is 10.3 Å². The van der Waals surface area contributed by atoms with Crippen LogP contribution in [0.1, 0.15) is 19.8 Å². The van der Waals surface area contributed by atoms with Crippen molar-refractivity contribution in [3.63, 3.8) is 0 Å². The SMILES string of the molecule is CCCNC(=O)CCn1c(N)nc2c(OC)cccc21. The van der Waals surface area contributed by atoms with Gasteiger partial charge in [0.15, 0.2) is 0 Å². The number of aromatic nitrogens is 2. The van der Waals surface area contributed by atoms with E-state index in [0.717, 1.165) is 17.5 Å². The number of fused-ring (bicyclic) bond motifs is 1. The third-order valence-corrected chi connectivity index (χ3v) is 3.13. The second-order valence-corrected chi connectivity index (χ2v) is 4.55. The number of anilines is 1. The number of benzene rings is 1. The van der Waals surface area contributed by atoms with Gasteiger partial charge in [0.2, 0.25) is 11.9 Å². The molecule has 2 aromatic rings. The van der Waals surface area contributed by atoms with Gasteiger partial charge in [-0.1, -0.05) is 13.0 Å². The van der Waals surface area contributed by atoms with E-state index in [0.29, 0.717) is 31.2 Å². The largest absolute Gasteiger partial charge is 0.494 e. The van der Waals surface area contributed by atoms with Gasteiger partial charge >= 0.3 is 0 Å². The molecule has 0 saturated heterocycles. The van der Waals surface area contributed by atoms with Crippen molar-refractivity contribution in [1.29, 1.82) is 0 Å². The molecule has 0 aliphatic rings. The van der Waals surface area contributed by atoms with Crippen LogP contribution in [0.15, 0.2) is 18.2 Å². The third-order valence-electron chi connectivity index (χ3n) is 3.13. The van der Waals surface area contributed by atoms with Crippen LogP contribution in [-0.2, 0) is 11.3 Å². The summed E-state index contributed by atoms with van der Waals surface area (Å²) in [6.45, 7) is 3.23. The van der Waals surface area contributed by atoms with Crippen molar-refractivity contribution in [1.82, 2.24) is 14.9 Å². The van der Waals surface area contributed by atoms with Gasteiger partial charge in [-0.05, 0) is 18.6 Å². The molecule has 0 saturated carbocycles. The van der Waals surface area contributed by atoms with Gasteiger partial charge in [-0.25, -0.2) is 4.98 Å². The quantitative estimate of drug-likeness (QED) is 0.838. The highest BCUT2D eigenvalue weighted by atomic mass is 16.5. The molecule has 0 aliphatic heterocycles. The van der Waals surface area contributed by atoms with Crippen molar-refractivity contribution in [2.24, 2.45) is 0 Å². The van der Waals surface area contributed by atoms with Gasteiger partial charge < -0.3 is 20.4 Å². The minimum Gasteiger partial charge on any atom is -0.494 e. The number of hydrogen-bond donors (Lipinski definition) is 2. The number of carbonyl (C=O) groups is 1. The number of ether oxygens (including phenoxy) is 1. The maximum atomic E-state index is 11.7. The molecule has 0 atom stereocenters. The average Bonchev–Trinajstić information content (AvgIpc) is 2.78. The molecular weight excluding hydrogens is 256 g/mol.